The zero-order chi connectivity index (χ0) is 9.80. The van der Waals surface area contributed by atoms with Crippen LogP contribution in [0, 0.1) is 5.92 Å². The summed E-state index contributed by atoms with van der Waals surface area (Å²) in [6.07, 6.45) is 9.82. The van der Waals surface area contributed by atoms with Gasteiger partial charge in [-0.3, -0.25) is 11.3 Å². The molecule has 2 nitrogen and oxygen atoms in total. The molecule has 0 aromatic carbocycles. The van der Waals surface area contributed by atoms with Gasteiger partial charge in [-0.05, 0) is 37.4 Å². The van der Waals surface area contributed by atoms with E-state index in [4.69, 9.17) is 5.84 Å². The maximum Gasteiger partial charge on any atom is 0.0357 e. The highest BCUT2D eigenvalue weighted by atomic mass is 32.2. The standard InChI is InChI=1S/C11H22N2S/c12-13-11(10-7-4-8-14-10)9-5-2-1-3-6-9/h9-11,13H,1-8,12H2. The highest BCUT2D eigenvalue weighted by Gasteiger charge is 2.31. The lowest BCUT2D eigenvalue weighted by Gasteiger charge is -2.33. The number of rotatable bonds is 3. The minimum Gasteiger partial charge on any atom is -0.271 e. The molecular weight excluding hydrogens is 192 g/mol. The molecule has 2 unspecified atom stereocenters. The van der Waals surface area contributed by atoms with Crippen LogP contribution in [0.4, 0.5) is 0 Å². The third-order valence-corrected chi connectivity index (χ3v) is 5.20. The molecule has 0 radical (unpaired) electrons. The van der Waals surface area contributed by atoms with Crippen LogP contribution >= 0.6 is 11.8 Å². The van der Waals surface area contributed by atoms with Crippen molar-refractivity contribution in [2.75, 3.05) is 5.75 Å². The molecular formula is C11H22N2S. The van der Waals surface area contributed by atoms with Gasteiger partial charge in [-0.25, -0.2) is 0 Å². The van der Waals surface area contributed by atoms with E-state index in [1.165, 1.54) is 50.7 Å². The number of hydrazine groups is 1. The van der Waals surface area contributed by atoms with Crippen molar-refractivity contribution in [2.24, 2.45) is 11.8 Å². The molecule has 1 aliphatic heterocycles. The van der Waals surface area contributed by atoms with Crippen LogP contribution in [0.2, 0.25) is 0 Å². The minimum atomic E-state index is 0.586. The predicted molar refractivity (Wildman–Crippen MR) is 63.2 cm³/mol. The molecule has 0 spiro atoms. The number of hydrogen-bond donors (Lipinski definition) is 2. The second kappa shape index (κ2) is 5.38. The van der Waals surface area contributed by atoms with Crippen molar-refractivity contribution in [3.8, 4) is 0 Å². The molecule has 1 heterocycles. The van der Waals surface area contributed by atoms with Gasteiger partial charge in [0.1, 0.15) is 0 Å². The van der Waals surface area contributed by atoms with Gasteiger partial charge in [0, 0.05) is 11.3 Å². The summed E-state index contributed by atoms with van der Waals surface area (Å²) in [7, 11) is 0. The molecule has 0 bridgehead atoms. The van der Waals surface area contributed by atoms with Crippen molar-refractivity contribution in [1.29, 1.82) is 0 Å². The fourth-order valence-corrected chi connectivity index (χ4v) is 4.40. The van der Waals surface area contributed by atoms with Crippen LogP contribution in [0.5, 0.6) is 0 Å². The fraction of sp³-hybridized carbons (Fsp3) is 1.00. The Labute approximate surface area is 91.4 Å². The monoisotopic (exact) mass is 214 g/mol. The second-order valence-electron chi connectivity index (χ2n) is 4.64. The smallest absolute Gasteiger partial charge is 0.0357 e. The van der Waals surface area contributed by atoms with Gasteiger partial charge < -0.3 is 0 Å². The summed E-state index contributed by atoms with van der Waals surface area (Å²) < 4.78 is 0. The highest BCUT2D eigenvalue weighted by molar-refractivity contribution is 8.00. The maximum atomic E-state index is 5.72. The first-order chi connectivity index (χ1) is 6.92. The van der Waals surface area contributed by atoms with Crippen molar-refractivity contribution in [2.45, 2.75) is 56.2 Å². The molecule has 1 saturated heterocycles. The molecule has 3 heteroatoms. The normalized spacial score (nSPS) is 31.9. The average molecular weight is 214 g/mol. The molecule has 2 rings (SSSR count). The van der Waals surface area contributed by atoms with Crippen LogP contribution in [-0.4, -0.2) is 17.0 Å². The first-order valence-electron chi connectivity index (χ1n) is 5.99. The third kappa shape index (κ3) is 2.44. The Bertz CT molecular complexity index is 163. The van der Waals surface area contributed by atoms with Gasteiger partial charge >= 0.3 is 0 Å². The summed E-state index contributed by atoms with van der Waals surface area (Å²) in [5, 5.41) is 0.795. The summed E-state index contributed by atoms with van der Waals surface area (Å²) in [5.41, 5.74) is 3.09. The lowest BCUT2D eigenvalue weighted by Crippen LogP contribution is -2.47. The largest absolute Gasteiger partial charge is 0.271 e. The highest BCUT2D eigenvalue weighted by Crippen LogP contribution is 2.36. The van der Waals surface area contributed by atoms with Crippen LogP contribution in [0.15, 0.2) is 0 Å². The first-order valence-corrected chi connectivity index (χ1v) is 7.04. The Hall–Kier alpha value is 0.270. The van der Waals surface area contributed by atoms with Crippen molar-refractivity contribution in [3.63, 3.8) is 0 Å². The summed E-state index contributed by atoms with van der Waals surface area (Å²) >= 11 is 2.13. The molecule has 3 N–H and O–H groups in total. The van der Waals surface area contributed by atoms with E-state index in [0.717, 1.165) is 11.2 Å². The molecule has 0 aromatic rings. The van der Waals surface area contributed by atoms with E-state index >= 15 is 0 Å². The zero-order valence-electron chi connectivity index (χ0n) is 8.87. The van der Waals surface area contributed by atoms with Crippen molar-refractivity contribution >= 4 is 11.8 Å². The van der Waals surface area contributed by atoms with Crippen LogP contribution in [-0.2, 0) is 0 Å². The van der Waals surface area contributed by atoms with Gasteiger partial charge in [0.15, 0.2) is 0 Å². The predicted octanol–water partition coefficient (Wildman–Crippen LogP) is 2.29. The number of nitrogens with two attached hydrogens (primary N) is 1. The average Bonchev–Trinajstić information content (AvgIpc) is 2.74. The van der Waals surface area contributed by atoms with E-state index in [1.54, 1.807) is 0 Å². The molecule has 2 atom stereocenters. The Kier molecular flexibility index (Phi) is 4.14. The van der Waals surface area contributed by atoms with Crippen molar-refractivity contribution in [1.82, 2.24) is 5.43 Å². The quantitative estimate of drug-likeness (QED) is 0.559. The lowest BCUT2D eigenvalue weighted by atomic mass is 9.82. The van der Waals surface area contributed by atoms with Gasteiger partial charge in [0.2, 0.25) is 0 Å². The van der Waals surface area contributed by atoms with E-state index in [0.29, 0.717) is 6.04 Å². The molecule has 2 fully saturated rings. The lowest BCUT2D eigenvalue weighted by molar-refractivity contribution is 0.263. The minimum absolute atomic E-state index is 0.586. The summed E-state index contributed by atoms with van der Waals surface area (Å²) in [6.45, 7) is 0. The van der Waals surface area contributed by atoms with Crippen LogP contribution in [0.25, 0.3) is 0 Å². The summed E-state index contributed by atoms with van der Waals surface area (Å²) in [6, 6.07) is 0.586. The van der Waals surface area contributed by atoms with Crippen LogP contribution < -0.4 is 11.3 Å². The van der Waals surface area contributed by atoms with Crippen molar-refractivity contribution in [3.05, 3.63) is 0 Å². The van der Waals surface area contributed by atoms with Crippen molar-refractivity contribution < 1.29 is 0 Å². The van der Waals surface area contributed by atoms with E-state index in [9.17, 15) is 0 Å². The third-order valence-electron chi connectivity index (χ3n) is 3.72. The molecule has 1 aliphatic carbocycles. The molecule has 0 aromatic heterocycles. The first kappa shape index (κ1) is 10.8. The van der Waals surface area contributed by atoms with Gasteiger partial charge in [-0.15, -0.1) is 0 Å². The maximum absolute atomic E-state index is 5.72. The van der Waals surface area contributed by atoms with E-state index in [-0.39, 0.29) is 0 Å². The Morgan fingerprint density at radius 1 is 1.07 bits per heavy atom. The van der Waals surface area contributed by atoms with Crippen LogP contribution in [0.3, 0.4) is 0 Å². The summed E-state index contributed by atoms with van der Waals surface area (Å²) in [4.78, 5) is 0. The zero-order valence-corrected chi connectivity index (χ0v) is 9.69. The van der Waals surface area contributed by atoms with Gasteiger partial charge in [-0.1, -0.05) is 19.3 Å². The van der Waals surface area contributed by atoms with Gasteiger partial charge in [0.25, 0.3) is 0 Å². The topological polar surface area (TPSA) is 38.0 Å². The second-order valence-corrected chi connectivity index (χ2v) is 5.99. The Balaban J connectivity index is 1.89. The summed E-state index contributed by atoms with van der Waals surface area (Å²) in [5.74, 6) is 7.91. The van der Waals surface area contributed by atoms with Crippen LogP contribution in [0.1, 0.15) is 44.9 Å². The molecule has 14 heavy (non-hydrogen) atoms. The van der Waals surface area contributed by atoms with Gasteiger partial charge in [0.05, 0.1) is 0 Å². The number of thioether (sulfide) groups is 1. The Morgan fingerprint density at radius 2 is 1.86 bits per heavy atom. The Morgan fingerprint density at radius 3 is 2.43 bits per heavy atom. The molecule has 82 valence electrons. The number of hydrogen-bond acceptors (Lipinski definition) is 3. The van der Waals surface area contributed by atoms with Gasteiger partial charge in [-0.2, -0.15) is 11.8 Å². The van der Waals surface area contributed by atoms with E-state index in [1.807, 2.05) is 0 Å². The fourth-order valence-electron chi connectivity index (χ4n) is 2.93. The molecule has 2 aliphatic rings. The molecule has 1 saturated carbocycles. The van der Waals surface area contributed by atoms with E-state index < -0.39 is 0 Å². The molecule has 0 amide bonds. The SMILES string of the molecule is NNC(C1CCCCC1)C1CCCS1. The van der Waals surface area contributed by atoms with E-state index in [2.05, 4.69) is 17.2 Å². The number of nitrogens with one attached hydrogen (secondary N) is 1.